The topological polar surface area (TPSA) is 113 Å². The summed E-state index contributed by atoms with van der Waals surface area (Å²) in [6.45, 7) is 2.00. The summed E-state index contributed by atoms with van der Waals surface area (Å²) in [6, 6.07) is 9.53. The highest BCUT2D eigenvalue weighted by atomic mass is 35.5. The number of benzene rings is 1. The van der Waals surface area contributed by atoms with E-state index in [1.165, 1.54) is 6.21 Å². The predicted octanol–water partition coefficient (Wildman–Crippen LogP) is 3.97. The van der Waals surface area contributed by atoms with Gasteiger partial charge in [0.1, 0.15) is 5.82 Å². The molecule has 2 aromatic heterocycles. The maximum atomic E-state index is 7.83. The number of nitrogen functional groups attached to an aromatic ring is 1. The summed E-state index contributed by atoms with van der Waals surface area (Å²) in [7, 11) is 0. The lowest BCUT2D eigenvalue weighted by Crippen LogP contribution is -2.37. The van der Waals surface area contributed by atoms with E-state index >= 15 is 0 Å². The lowest BCUT2D eigenvalue weighted by Gasteiger charge is -2.23. The van der Waals surface area contributed by atoms with Crippen LogP contribution in [0.25, 0.3) is 28.4 Å². The number of nitrogens with one attached hydrogen (secondary N) is 3. The van der Waals surface area contributed by atoms with Gasteiger partial charge in [0, 0.05) is 46.4 Å². The molecular weight excluding hydrogens is 400 g/mol. The number of hydrogen-bond donors (Lipinski definition) is 4. The molecule has 8 heteroatoms. The van der Waals surface area contributed by atoms with Crippen LogP contribution >= 0.6 is 11.6 Å². The van der Waals surface area contributed by atoms with Gasteiger partial charge in [-0.2, -0.15) is 0 Å². The first-order valence-electron chi connectivity index (χ1n) is 9.79. The molecule has 1 fully saturated rings. The third-order valence-corrected chi connectivity index (χ3v) is 5.34. The molecule has 0 aliphatic carbocycles. The third-order valence-electron chi connectivity index (χ3n) is 5.08. The molecule has 0 bridgehead atoms. The van der Waals surface area contributed by atoms with Crippen LogP contribution in [0.4, 0.5) is 5.82 Å². The van der Waals surface area contributed by atoms with E-state index in [1.54, 1.807) is 24.5 Å². The van der Waals surface area contributed by atoms with Crippen molar-refractivity contribution in [1.29, 1.82) is 5.41 Å². The smallest absolute Gasteiger partial charge is 0.226 e. The third kappa shape index (κ3) is 4.53. The minimum atomic E-state index is 0.341. The second-order valence-corrected chi connectivity index (χ2v) is 7.56. The highest BCUT2D eigenvalue weighted by molar-refractivity contribution is 6.30. The van der Waals surface area contributed by atoms with Crippen LogP contribution in [0.5, 0.6) is 0 Å². The van der Waals surface area contributed by atoms with E-state index in [0.29, 0.717) is 34.1 Å². The number of allylic oxidation sites excluding steroid dienone is 1. The average Bonchev–Trinajstić information content (AvgIpc) is 3.26. The largest absolute Gasteiger partial charge is 0.436 e. The fourth-order valence-electron chi connectivity index (χ4n) is 3.36. The molecule has 4 rings (SSSR count). The van der Waals surface area contributed by atoms with Gasteiger partial charge in [-0.1, -0.05) is 11.6 Å². The van der Waals surface area contributed by atoms with Crippen molar-refractivity contribution >= 4 is 29.2 Å². The van der Waals surface area contributed by atoms with Crippen molar-refractivity contribution in [2.75, 3.05) is 18.8 Å². The highest BCUT2D eigenvalue weighted by Crippen LogP contribution is 2.31. The van der Waals surface area contributed by atoms with Crippen LogP contribution < -0.4 is 16.4 Å². The Kier molecular flexibility index (Phi) is 6.11. The van der Waals surface area contributed by atoms with E-state index in [9.17, 15) is 0 Å². The molecule has 30 heavy (non-hydrogen) atoms. The number of rotatable bonds is 6. The fourth-order valence-corrected chi connectivity index (χ4v) is 3.49. The first-order valence-corrected chi connectivity index (χ1v) is 10.2. The first kappa shape index (κ1) is 20.1. The molecule has 0 spiro atoms. The number of anilines is 1. The van der Waals surface area contributed by atoms with Crippen molar-refractivity contribution in [1.82, 2.24) is 20.6 Å². The molecular formula is C22H23ClN6O. The van der Waals surface area contributed by atoms with E-state index in [4.69, 9.17) is 27.2 Å². The van der Waals surface area contributed by atoms with Gasteiger partial charge < -0.3 is 26.2 Å². The van der Waals surface area contributed by atoms with Crippen LogP contribution in [0.15, 0.2) is 53.3 Å². The van der Waals surface area contributed by atoms with Gasteiger partial charge in [0.15, 0.2) is 5.76 Å². The monoisotopic (exact) mass is 422 g/mol. The maximum absolute atomic E-state index is 7.83. The average molecular weight is 423 g/mol. The van der Waals surface area contributed by atoms with E-state index in [2.05, 4.69) is 20.6 Å². The Morgan fingerprint density at radius 3 is 2.70 bits per heavy atom. The summed E-state index contributed by atoms with van der Waals surface area (Å²) < 4.78 is 5.93. The van der Waals surface area contributed by atoms with Gasteiger partial charge in [-0.05, 0) is 56.3 Å². The van der Waals surface area contributed by atoms with Gasteiger partial charge in [-0.25, -0.2) is 9.97 Å². The number of hydrogen-bond acceptors (Lipinski definition) is 7. The molecule has 0 unspecified atom stereocenters. The van der Waals surface area contributed by atoms with E-state index in [-0.39, 0.29) is 0 Å². The van der Waals surface area contributed by atoms with Gasteiger partial charge in [0.25, 0.3) is 0 Å². The summed E-state index contributed by atoms with van der Waals surface area (Å²) in [4.78, 5) is 8.66. The van der Waals surface area contributed by atoms with Gasteiger partial charge >= 0.3 is 0 Å². The van der Waals surface area contributed by atoms with Crippen LogP contribution in [0.2, 0.25) is 5.02 Å². The number of halogens is 1. The van der Waals surface area contributed by atoms with Crippen molar-refractivity contribution in [3.8, 4) is 22.8 Å². The molecule has 0 amide bonds. The molecule has 154 valence electrons. The Hall–Kier alpha value is -3.16. The highest BCUT2D eigenvalue weighted by Gasteiger charge is 2.15. The summed E-state index contributed by atoms with van der Waals surface area (Å²) in [5.41, 5.74) is 9.06. The molecule has 7 nitrogen and oxygen atoms in total. The van der Waals surface area contributed by atoms with Gasteiger partial charge in [0.2, 0.25) is 5.89 Å². The van der Waals surface area contributed by atoms with Crippen LogP contribution in [0, 0.1) is 5.41 Å². The summed E-state index contributed by atoms with van der Waals surface area (Å²) in [5.74, 6) is 1.33. The Labute approximate surface area is 179 Å². The Bertz CT molecular complexity index is 1050. The Balaban J connectivity index is 1.59. The second kappa shape index (κ2) is 9.11. The lowest BCUT2D eigenvalue weighted by molar-refractivity contribution is 0.420. The fraction of sp³-hybridized carbons (Fsp3) is 0.227. The second-order valence-electron chi connectivity index (χ2n) is 7.13. The van der Waals surface area contributed by atoms with E-state index in [1.807, 2.05) is 24.4 Å². The molecule has 1 saturated heterocycles. The summed E-state index contributed by atoms with van der Waals surface area (Å²) >= 11 is 5.95. The van der Waals surface area contributed by atoms with Crippen molar-refractivity contribution < 1.29 is 4.42 Å². The maximum Gasteiger partial charge on any atom is 0.226 e. The molecule has 0 saturated carbocycles. The van der Waals surface area contributed by atoms with E-state index < -0.39 is 0 Å². The van der Waals surface area contributed by atoms with E-state index in [0.717, 1.165) is 42.6 Å². The zero-order valence-corrected chi connectivity index (χ0v) is 17.1. The summed E-state index contributed by atoms with van der Waals surface area (Å²) in [5, 5.41) is 15.2. The van der Waals surface area contributed by atoms with Gasteiger partial charge in [0.05, 0.1) is 11.8 Å². The van der Waals surface area contributed by atoms with Crippen LogP contribution in [-0.4, -0.2) is 35.3 Å². The summed E-state index contributed by atoms with van der Waals surface area (Å²) in [6.07, 6.45) is 8.58. The SMILES string of the molecule is N=C/C(=C\NC1CCNCC1)c1cnc(N)c(-c2cnc(-c3ccc(Cl)cc3)o2)c1. The van der Waals surface area contributed by atoms with Crippen molar-refractivity contribution in [3.05, 3.63) is 59.5 Å². The standard InChI is InChI=1S/C22H23ClN6O/c23-17-3-1-14(2-4-17)22-29-13-20(30-22)19-9-15(11-28-21(19)25)16(10-24)12-27-18-5-7-26-8-6-18/h1-4,9-13,18,24,26-27H,5-8H2,(H2,25,28)/b16-12+,24-10?. The molecule has 1 aliphatic heterocycles. The molecule has 3 aromatic rings. The van der Waals surface area contributed by atoms with Crippen molar-refractivity contribution in [2.45, 2.75) is 18.9 Å². The normalized spacial score (nSPS) is 15.2. The van der Waals surface area contributed by atoms with Gasteiger partial charge in [-0.3, -0.25) is 0 Å². The van der Waals surface area contributed by atoms with Crippen LogP contribution in [0.3, 0.4) is 0 Å². The quantitative estimate of drug-likeness (QED) is 0.447. The number of oxazole rings is 1. The number of pyridine rings is 1. The zero-order valence-electron chi connectivity index (χ0n) is 16.4. The molecule has 0 atom stereocenters. The molecule has 0 radical (unpaired) electrons. The minimum absolute atomic E-state index is 0.341. The number of nitrogens with two attached hydrogens (primary N) is 1. The molecule has 3 heterocycles. The molecule has 1 aliphatic rings. The van der Waals surface area contributed by atoms with Crippen molar-refractivity contribution in [2.24, 2.45) is 0 Å². The first-order chi connectivity index (χ1) is 14.6. The predicted molar refractivity (Wildman–Crippen MR) is 120 cm³/mol. The number of piperidine rings is 1. The molecule has 5 N–H and O–H groups in total. The Morgan fingerprint density at radius 1 is 1.20 bits per heavy atom. The van der Waals surface area contributed by atoms with Crippen LogP contribution in [-0.2, 0) is 0 Å². The van der Waals surface area contributed by atoms with Gasteiger partial charge in [-0.15, -0.1) is 0 Å². The Morgan fingerprint density at radius 2 is 1.97 bits per heavy atom. The lowest BCUT2D eigenvalue weighted by atomic mass is 10.0. The number of nitrogens with zero attached hydrogens (tertiary/aromatic N) is 2. The van der Waals surface area contributed by atoms with Crippen LogP contribution in [0.1, 0.15) is 18.4 Å². The zero-order chi connectivity index (χ0) is 20.9. The van der Waals surface area contributed by atoms with Crippen molar-refractivity contribution in [3.63, 3.8) is 0 Å². The number of aromatic nitrogens is 2. The molecule has 1 aromatic carbocycles. The minimum Gasteiger partial charge on any atom is -0.436 e.